The van der Waals surface area contributed by atoms with E-state index < -0.39 is 0 Å². The molecule has 1 aliphatic carbocycles. The van der Waals surface area contributed by atoms with Gasteiger partial charge in [0.15, 0.2) is 0 Å². The van der Waals surface area contributed by atoms with Crippen molar-refractivity contribution >= 4 is 81.6 Å². The maximum absolute atomic E-state index is 5.60. The van der Waals surface area contributed by atoms with Crippen LogP contribution in [0.5, 0.6) is 0 Å². The highest BCUT2D eigenvalue weighted by Gasteiger charge is 2.35. The normalized spacial score (nSPS) is 14.1. The molecular weight excluding hydrogens is 597 g/mol. The van der Waals surface area contributed by atoms with Crippen molar-refractivity contribution in [3.63, 3.8) is 0 Å². The van der Waals surface area contributed by atoms with Gasteiger partial charge >= 0.3 is 0 Å². The summed E-state index contributed by atoms with van der Waals surface area (Å²) in [5.41, 5.74) is 11.6. The molecule has 0 radical (unpaired) electrons. The lowest BCUT2D eigenvalue weighted by Gasteiger charge is -2.34. The predicted octanol–water partition coefficient (Wildman–Crippen LogP) is 11.3. The Hall–Kier alpha value is -6.26. The van der Waals surface area contributed by atoms with Gasteiger partial charge in [-0.05, 0) is 40.8 Å². The Morgan fingerprint density at radius 2 is 1.18 bits per heavy atom. The van der Waals surface area contributed by atoms with Crippen LogP contribution < -0.4 is 0 Å². The smallest absolute Gasteiger partial charge is 0.235 e. The maximum Gasteiger partial charge on any atom is 0.235 e. The zero-order chi connectivity index (χ0) is 32.2. The molecule has 0 unspecified atom stereocenters. The van der Waals surface area contributed by atoms with E-state index in [1.165, 1.54) is 76.3 Å². The van der Waals surface area contributed by atoms with Crippen molar-refractivity contribution in [2.24, 2.45) is 0 Å². The van der Waals surface area contributed by atoms with Crippen LogP contribution in [0.3, 0.4) is 0 Å². The third kappa shape index (κ3) is 2.98. The number of para-hydroxylation sites is 2. The third-order valence-electron chi connectivity index (χ3n) is 11.4. The van der Waals surface area contributed by atoms with Gasteiger partial charge in [-0.3, -0.25) is 4.57 Å². The predicted molar refractivity (Wildman–Crippen MR) is 204 cm³/mol. The standard InChI is InChI=1S/C45H28N4/c1-45(2)33-17-8-5-15-29(33)40-39-34(45)18-11-19-35(39)46-44(47-40)49-41-26-13-4-3-12-25(26)22-23-28(41)32-24-31-27-14-6-9-20-36(27)48-37-21-10-7-16-30(37)38(42(31)48)43(32)49/h3-24H,1-2H3. The van der Waals surface area contributed by atoms with Crippen LogP contribution in [0.4, 0.5) is 0 Å². The minimum absolute atomic E-state index is 0.161. The van der Waals surface area contributed by atoms with Gasteiger partial charge in [-0.1, -0.05) is 123 Å². The van der Waals surface area contributed by atoms with E-state index in [9.17, 15) is 0 Å². The molecule has 0 atom stereocenters. The van der Waals surface area contributed by atoms with E-state index in [0.29, 0.717) is 5.95 Å². The summed E-state index contributed by atoms with van der Waals surface area (Å²) in [5.74, 6) is 0.702. The molecule has 0 fully saturated rings. The van der Waals surface area contributed by atoms with Gasteiger partial charge in [-0.2, -0.15) is 0 Å². The van der Waals surface area contributed by atoms with E-state index in [-0.39, 0.29) is 5.41 Å². The fourth-order valence-electron chi connectivity index (χ4n) is 9.33. The van der Waals surface area contributed by atoms with Crippen molar-refractivity contribution in [3.8, 4) is 17.2 Å². The molecule has 4 nitrogen and oxygen atoms in total. The zero-order valence-corrected chi connectivity index (χ0v) is 27.0. The number of aromatic nitrogens is 4. The van der Waals surface area contributed by atoms with Gasteiger partial charge in [-0.25, -0.2) is 9.97 Å². The van der Waals surface area contributed by atoms with E-state index in [4.69, 9.17) is 9.97 Å². The molecule has 228 valence electrons. The number of hydrogen-bond acceptors (Lipinski definition) is 2. The van der Waals surface area contributed by atoms with Crippen LogP contribution in [0.2, 0.25) is 0 Å². The molecule has 4 heterocycles. The molecule has 11 aromatic rings. The lowest BCUT2D eigenvalue weighted by Crippen LogP contribution is -2.24. The molecule has 0 bridgehead atoms. The Kier molecular flexibility index (Phi) is 4.53. The second-order valence-electron chi connectivity index (χ2n) is 14.2. The molecule has 0 spiro atoms. The Labute approximate surface area is 280 Å². The average molecular weight is 625 g/mol. The molecule has 7 aromatic carbocycles. The minimum Gasteiger partial charge on any atom is -0.308 e. The lowest BCUT2D eigenvalue weighted by atomic mass is 9.70. The minimum atomic E-state index is -0.161. The monoisotopic (exact) mass is 624 g/mol. The first-order chi connectivity index (χ1) is 24.1. The quantitative estimate of drug-likeness (QED) is 0.182. The van der Waals surface area contributed by atoms with Crippen LogP contribution in [-0.2, 0) is 5.41 Å². The highest BCUT2D eigenvalue weighted by molar-refractivity contribution is 6.35. The summed E-state index contributed by atoms with van der Waals surface area (Å²) < 4.78 is 4.85. The average Bonchev–Trinajstić information content (AvgIpc) is 3.78. The second-order valence-corrected chi connectivity index (χ2v) is 14.2. The first-order valence-corrected chi connectivity index (χ1v) is 17.0. The summed E-state index contributed by atoms with van der Waals surface area (Å²) in [4.78, 5) is 11.1. The first kappa shape index (κ1) is 25.8. The summed E-state index contributed by atoms with van der Waals surface area (Å²) in [6.45, 7) is 4.64. The largest absolute Gasteiger partial charge is 0.308 e. The Morgan fingerprint density at radius 3 is 2.06 bits per heavy atom. The summed E-state index contributed by atoms with van der Waals surface area (Å²) >= 11 is 0. The summed E-state index contributed by atoms with van der Waals surface area (Å²) in [6.07, 6.45) is 0. The molecule has 4 aromatic heterocycles. The molecule has 0 amide bonds. The third-order valence-corrected chi connectivity index (χ3v) is 11.4. The van der Waals surface area contributed by atoms with Gasteiger partial charge < -0.3 is 4.40 Å². The van der Waals surface area contributed by atoms with E-state index >= 15 is 0 Å². The van der Waals surface area contributed by atoms with Crippen molar-refractivity contribution in [2.75, 3.05) is 0 Å². The number of benzene rings is 7. The second kappa shape index (κ2) is 8.60. The van der Waals surface area contributed by atoms with Crippen molar-refractivity contribution in [1.82, 2.24) is 18.9 Å². The molecule has 49 heavy (non-hydrogen) atoms. The van der Waals surface area contributed by atoms with E-state index in [0.717, 1.165) is 27.6 Å². The molecular formula is C45H28N4. The SMILES string of the molecule is CC1(C)c2ccccc2-c2nc(-n3c4c5ccccc5ccc4c4cc5c6ccccc6n6c7ccccc7c(c43)c56)nc3cccc1c23. The molecule has 0 saturated carbocycles. The van der Waals surface area contributed by atoms with Crippen molar-refractivity contribution < 1.29 is 0 Å². The fraction of sp³-hybridized carbons (Fsp3) is 0.0667. The molecule has 12 rings (SSSR count). The molecule has 0 aliphatic heterocycles. The van der Waals surface area contributed by atoms with Crippen LogP contribution in [0, 0.1) is 0 Å². The Balaban J connectivity index is 1.36. The highest BCUT2D eigenvalue weighted by Crippen LogP contribution is 2.50. The van der Waals surface area contributed by atoms with E-state index in [1.54, 1.807) is 0 Å². The zero-order valence-electron chi connectivity index (χ0n) is 27.0. The topological polar surface area (TPSA) is 35.1 Å². The summed E-state index contributed by atoms with van der Waals surface area (Å²) in [6, 6.07) is 48.7. The van der Waals surface area contributed by atoms with Gasteiger partial charge in [0.05, 0.1) is 38.8 Å². The van der Waals surface area contributed by atoms with Crippen molar-refractivity contribution in [1.29, 1.82) is 0 Å². The van der Waals surface area contributed by atoms with Gasteiger partial charge in [0.25, 0.3) is 0 Å². The first-order valence-electron chi connectivity index (χ1n) is 17.0. The van der Waals surface area contributed by atoms with Gasteiger partial charge in [0, 0.05) is 54.1 Å². The van der Waals surface area contributed by atoms with E-state index in [1.807, 2.05) is 0 Å². The highest BCUT2D eigenvalue weighted by atomic mass is 15.2. The lowest BCUT2D eigenvalue weighted by molar-refractivity contribution is 0.643. The maximum atomic E-state index is 5.60. The fourth-order valence-corrected chi connectivity index (χ4v) is 9.33. The van der Waals surface area contributed by atoms with Gasteiger partial charge in [0.1, 0.15) is 0 Å². The van der Waals surface area contributed by atoms with Crippen LogP contribution >= 0.6 is 0 Å². The number of hydrogen-bond donors (Lipinski definition) is 0. The molecule has 4 heteroatoms. The number of nitrogens with zero attached hydrogens (tertiary/aromatic N) is 4. The summed E-state index contributed by atoms with van der Waals surface area (Å²) in [5, 5.41) is 11.0. The van der Waals surface area contributed by atoms with E-state index in [2.05, 4.69) is 156 Å². The molecule has 1 aliphatic rings. The van der Waals surface area contributed by atoms with Crippen molar-refractivity contribution in [3.05, 3.63) is 145 Å². The van der Waals surface area contributed by atoms with Crippen LogP contribution in [-0.4, -0.2) is 18.9 Å². The Morgan fingerprint density at radius 1 is 0.490 bits per heavy atom. The van der Waals surface area contributed by atoms with Crippen LogP contribution in [0.1, 0.15) is 25.0 Å². The van der Waals surface area contributed by atoms with Gasteiger partial charge in [-0.15, -0.1) is 0 Å². The molecule has 0 saturated heterocycles. The number of fused-ring (bicyclic) bond motifs is 14. The Bertz CT molecular complexity index is 3250. The van der Waals surface area contributed by atoms with Crippen molar-refractivity contribution in [2.45, 2.75) is 19.3 Å². The number of rotatable bonds is 1. The summed E-state index contributed by atoms with van der Waals surface area (Å²) in [7, 11) is 0. The van der Waals surface area contributed by atoms with Crippen LogP contribution in [0.15, 0.2) is 133 Å². The van der Waals surface area contributed by atoms with Gasteiger partial charge in [0.2, 0.25) is 5.95 Å². The molecule has 0 N–H and O–H groups in total. The van der Waals surface area contributed by atoms with Crippen LogP contribution in [0.25, 0.3) is 98.8 Å².